The molecule has 3 amide bonds. The Balaban J connectivity index is 1.81. The van der Waals surface area contributed by atoms with Crippen molar-refractivity contribution in [3.8, 4) is 0 Å². The molecule has 1 aromatic rings. The second kappa shape index (κ2) is 6.69. The third-order valence-corrected chi connectivity index (χ3v) is 2.89. The molecule has 8 nitrogen and oxygen atoms in total. The Morgan fingerprint density at radius 2 is 1.95 bits per heavy atom. The predicted molar refractivity (Wildman–Crippen MR) is 71.2 cm³/mol. The number of piperazine rings is 1. The first-order valence-electron chi connectivity index (χ1n) is 6.44. The smallest absolute Gasteiger partial charge is 0.409 e. The van der Waals surface area contributed by atoms with Crippen molar-refractivity contribution >= 4 is 17.9 Å². The number of rotatable bonds is 2. The van der Waals surface area contributed by atoms with Crippen LogP contribution in [0.3, 0.4) is 0 Å². The number of carbonyl (C=O) groups is 2. The number of nitrogens with one attached hydrogen (secondary N) is 1. The van der Waals surface area contributed by atoms with Gasteiger partial charge in [-0.1, -0.05) is 0 Å². The lowest BCUT2D eigenvalue weighted by Gasteiger charge is -2.33. The summed E-state index contributed by atoms with van der Waals surface area (Å²) in [7, 11) is 0. The fraction of sp³-hybridized carbons (Fsp3) is 0.500. The van der Waals surface area contributed by atoms with Gasteiger partial charge in [0, 0.05) is 38.6 Å². The number of urea groups is 1. The molecule has 8 heteroatoms. The van der Waals surface area contributed by atoms with Gasteiger partial charge in [0.05, 0.1) is 12.8 Å². The van der Waals surface area contributed by atoms with Crippen LogP contribution in [0.4, 0.5) is 15.4 Å². The van der Waals surface area contributed by atoms with E-state index in [1.165, 1.54) is 18.6 Å². The summed E-state index contributed by atoms with van der Waals surface area (Å²) in [6.07, 6.45) is 4.19. The number of aromatic nitrogens is 2. The topological polar surface area (TPSA) is 87.7 Å². The van der Waals surface area contributed by atoms with Crippen LogP contribution >= 0.6 is 0 Å². The summed E-state index contributed by atoms with van der Waals surface area (Å²) in [6.45, 7) is 3.98. The first kappa shape index (κ1) is 14.0. The van der Waals surface area contributed by atoms with Crippen molar-refractivity contribution in [3.63, 3.8) is 0 Å². The van der Waals surface area contributed by atoms with Crippen LogP contribution in [0.15, 0.2) is 18.6 Å². The van der Waals surface area contributed by atoms with E-state index in [1.807, 2.05) is 0 Å². The van der Waals surface area contributed by atoms with E-state index in [2.05, 4.69) is 15.3 Å². The van der Waals surface area contributed by atoms with Gasteiger partial charge in [-0.3, -0.25) is 10.3 Å². The Bertz CT molecular complexity index is 459. The van der Waals surface area contributed by atoms with Crippen molar-refractivity contribution in [1.29, 1.82) is 0 Å². The Morgan fingerprint density at radius 3 is 2.55 bits per heavy atom. The van der Waals surface area contributed by atoms with E-state index >= 15 is 0 Å². The van der Waals surface area contributed by atoms with E-state index in [-0.39, 0.29) is 12.1 Å². The molecule has 0 radical (unpaired) electrons. The molecule has 1 aromatic heterocycles. The van der Waals surface area contributed by atoms with Crippen LogP contribution < -0.4 is 5.32 Å². The molecule has 2 rings (SSSR count). The van der Waals surface area contributed by atoms with Crippen LogP contribution in [-0.2, 0) is 4.74 Å². The fourth-order valence-electron chi connectivity index (χ4n) is 1.86. The fourth-order valence-corrected chi connectivity index (χ4v) is 1.86. The van der Waals surface area contributed by atoms with Gasteiger partial charge in [0.1, 0.15) is 0 Å². The minimum Gasteiger partial charge on any atom is -0.450 e. The van der Waals surface area contributed by atoms with E-state index in [0.29, 0.717) is 38.6 Å². The highest BCUT2D eigenvalue weighted by atomic mass is 16.6. The maximum absolute atomic E-state index is 12.0. The third-order valence-electron chi connectivity index (χ3n) is 2.89. The number of hydrogen-bond acceptors (Lipinski definition) is 5. The summed E-state index contributed by atoms with van der Waals surface area (Å²) < 4.78 is 4.92. The molecule has 1 aliphatic rings. The molecule has 0 unspecified atom stereocenters. The van der Waals surface area contributed by atoms with Crippen molar-refractivity contribution in [3.05, 3.63) is 18.6 Å². The molecule has 2 heterocycles. The lowest BCUT2D eigenvalue weighted by Crippen LogP contribution is -2.51. The minimum atomic E-state index is -0.332. The number of hydrogen-bond donors (Lipinski definition) is 1. The second-order valence-electron chi connectivity index (χ2n) is 4.19. The summed E-state index contributed by atoms with van der Waals surface area (Å²) in [6, 6.07) is -0.242. The van der Waals surface area contributed by atoms with E-state index < -0.39 is 0 Å². The average molecular weight is 279 g/mol. The summed E-state index contributed by atoms with van der Waals surface area (Å²) >= 11 is 0. The zero-order chi connectivity index (χ0) is 14.4. The molecule has 1 fully saturated rings. The van der Waals surface area contributed by atoms with Crippen LogP contribution in [0.5, 0.6) is 0 Å². The SMILES string of the molecule is CCOC(=O)N1CCN(C(=O)Nc2cnccn2)CC1. The average Bonchev–Trinajstić information content (AvgIpc) is 2.48. The van der Waals surface area contributed by atoms with E-state index in [4.69, 9.17) is 4.74 Å². The van der Waals surface area contributed by atoms with Gasteiger partial charge in [0.2, 0.25) is 0 Å². The lowest BCUT2D eigenvalue weighted by molar-refractivity contribution is 0.0868. The van der Waals surface area contributed by atoms with Gasteiger partial charge < -0.3 is 14.5 Å². The van der Waals surface area contributed by atoms with Crippen LogP contribution in [0.1, 0.15) is 6.92 Å². The first-order valence-corrected chi connectivity index (χ1v) is 6.44. The molecule has 0 bridgehead atoms. The molecule has 1 saturated heterocycles. The maximum atomic E-state index is 12.0. The zero-order valence-electron chi connectivity index (χ0n) is 11.3. The highest BCUT2D eigenvalue weighted by molar-refractivity contribution is 5.88. The normalized spacial score (nSPS) is 14.8. The number of anilines is 1. The predicted octanol–water partition coefficient (Wildman–Crippen LogP) is 0.783. The van der Waals surface area contributed by atoms with Gasteiger partial charge in [-0.05, 0) is 6.92 Å². The standard InChI is InChI=1S/C12H17N5O3/c1-2-20-12(19)17-7-5-16(6-8-17)11(18)15-10-9-13-3-4-14-10/h3-4,9H,2,5-8H2,1H3,(H,14,15,18). The summed E-state index contributed by atoms with van der Waals surface area (Å²) in [5, 5.41) is 2.66. The molecule has 1 aliphatic heterocycles. The molecule has 0 spiro atoms. The number of carbonyl (C=O) groups excluding carboxylic acids is 2. The lowest BCUT2D eigenvalue weighted by atomic mass is 10.3. The van der Waals surface area contributed by atoms with Crippen LogP contribution in [0.25, 0.3) is 0 Å². The number of amides is 3. The third kappa shape index (κ3) is 3.56. The van der Waals surface area contributed by atoms with E-state index in [1.54, 1.807) is 16.7 Å². The molecular weight excluding hydrogens is 262 g/mol. The van der Waals surface area contributed by atoms with Gasteiger partial charge >= 0.3 is 12.1 Å². The largest absolute Gasteiger partial charge is 0.450 e. The van der Waals surface area contributed by atoms with Gasteiger partial charge in [-0.15, -0.1) is 0 Å². The molecule has 1 N–H and O–H groups in total. The Hall–Kier alpha value is -2.38. The second-order valence-corrected chi connectivity index (χ2v) is 4.19. The molecule has 108 valence electrons. The quantitative estimate of drug-likeness (QED) is 0.864. The van der Waals surface area contributed by atoms with Gasteiger partial charge in [0.15, 0.2) is 5.82 Å². The van der Waals surface area contributed by atoms with Crippen molar-refractivity contribution in [2.45, 2.75) is 6.92 Å². The number of nitrogens with zero attached hydrogens (tertiary/aromatic N) is 4. The van der Waals surface area contributed by atoms with Crippen LogP contribution in [0.2, 0.25) is 0 Å². The highest BCUT2D eigenvalue weighted by Crippen LogP contribution is 2.06. The first-order chi connectivity index (χ1) is 9.70. The number of ether oxygens (including phenoxy) is 1. The Morgan fingerprint density at radius 1 is 1.25 bits per heavy atom. The molecule has 20 heavy (non-hydrogen) atoms. The molecule has 0 atom stereocenters. The van der Waals surface area contributed by atoms with Crippen molar-refractivity contribution in [1.82, 2.24) is 19.8 Å². The van der Waals surface area contributed by atoms with Gasteiger partial charge in [-0.2, -0.15) is 0 Å². The zero-order valence-corrected chi connectivity index (χ0v) is 11.3. The maximum Gasteiger partial charge on any atom is 0.409 e. The Kier molecular flexibility index (Phi) is 4.70. The van der Waals surface area contributed by atoms with Crippen LogP contribution in [-0.4, -0.2) is 64.7 Å². The molecule has 0 aliphatic carbocycles. The molecule has 0 saturated carbocycles. The summed E-state index contributed by atoms with van der Waals surface area (Å²) in [5.41, 5.74) is 0. The van der Waals surface area contributed by atoms with Crippen molar-refractivity contribution in [2.75, 3.05) is 38.1 Å². The summed E-state index contributed by atoms with van der Waals surface area (Å²) in [5.74, 6) is 0.408. The molecular formula is C12H17N5O3. The van der Waals surface area contributed by atoms with E-state index in [9.17, 15) is 9.59 Å². The monoisotopic (exact) mass is 279 g/mol. The summed E-state index contributed by atoms with van der Waals surface area (Å²) in [4.78, 5) is 34.6. The molecule has 0 aromatic carbocycles. The van der Waals surface area contributed by atoms with Crippen molar-refractivity contribution < 1.29 is 14.3 Å². The van der Waals surface area contributed by atoms with E-state index in [0.717, 1.165) is 0 Å². The van der Waals surface area contributed by atoms with Gasteiger partial charge in [0.25, 0.3) is 0 Å². The highest BCUT2D eigenvalue weighted by Gasteiger charge is 2.24. The Labute approximate surface area is 116 Å². The van der Waals surface area contributed by atoms with Crippen molar-refractivity contribution in [2.24, 2.45) is 0 Å². The van der Waals surface area contributed by atoms with Gasteiger partial charge in [-0.25, -0.2) is 14.6 Å². The van der Waals surface area contributed by atoms with Crippen LogP contribution in [0, 0.1) is 0 Å². The minimum absolute atomic E-state index is 0.242.